The van der Waals surface area contributed by atoms with E-state index in [1.54, 1.807) is 0 Å². The minimum Gasteiger partial charge on any atom is -0.392 e. The summed E-state index contributed by atoms with van der Waals surface area (Å²) >= 11 is 0. The van der Waals surface area contributed by atoms with Gasteiger partial charge in [0.15, 0.2) is 0 Å². The molecule has 1 unspecified atom stereocenters. The third-order valence-electron chi connectivity index (χ3n) is 10.4. The summed E-state index contributed by atoms with van der Waals surface area (Å²) in [4.78, 5) is 15.6. The van der Waals surface area contributed by atoms with Crippen molar-refractivity contribution in [2.24, 2.45) is 39.9 Å². The van der Waals surface area contributed by atoms with Crippen molar-refractivity contribution < 1.29 is 15.0 Å². The molecule has 1 aliphatic heterocycles. The Kier molecular flexibility index (Phi) is 2.80. The first-order valence-electron chi connectivity index (χ1n) is 10.6. The van der Waals surface area contributed by atoms with Gasteiger partial charge >= 0.3 is 0 Å². The smallest absolute Gasteiger partial charge is 0.140 e. The molecule has 5 saturated carbocycles. The zero-order valence-corrected chi connectivity index (χ0v) is 15.9. The first-order chi connectivity index (χ1) is 12.3. The fourth-order valence-electron chi connectivity index (χ4n) is 9.75. The maximum absolute atomic E-state index is 13.0. The van der Waals surface area contributed by atoms with Crippen LogP contribution < -0.4 is 0 Å². The second-order valence-electron chi connectivity index (χ2n) is 10.7. The first kappa shape index (κ1) is 16.3. The maximum atomic E-state index is 13.0. The number of likely N-dealkylation sites (tertiary alicyclic amines) is 1. The van der Waals surface area contributed by atoms with E-state index in [1.165, 1.54) is 0 Å². The van der Waals surface area contributed by atoms with Crippen molar-refractivity contribution in [1.82, 2.24) is 4.90 Å². The number of Topliss-reactive ketones (excluding diaryl/α,β-unsaturated/α-hetero) is 1. The van der Waals surface area contributed by atoms with Crippen molar-refractivity contribution in [2.75, 3.05) is 13.1 Å². The predicted molar refractivity (Wildman–Crippen MR) is 97.2 cm³/mol. The van der Waals surface area contributed by atoms with E-state index in [0.29, 0.717) is 24.3 Å². The number of carbonyl (C=O) groups is 1. The van der Waals surface area contributed by atoms with Crippen LogP contribution in [0.5, 0.6) is 0 Å². The van der Waals surface area contributed by atoms with Gasteiger partial charge in [-0.3, -0.25) is 9.69 Å². The number of hydrogen-bond acceptors (Lipinski definition) is 4. The van der Waals surface area contributed by atoms with Gasteiger partial charge < -0.3 is 10.2 Å². The normalized spacial score (nSPS) is 62.7. The SMILES string of the molecule is C=C1[C@@H]2C[C@]3(C4C[C@H]5[C@]6(C)CC[C@@H](O)[C@]5([C@H]4N(CC)C6)[C@H]3CC2=O)[C@H]1O. The molecule has 142 valence electrons. The summed E-state index contributed by atoms with van der Waals surface area (Å²) in [5, 5.41) is 22.8. The third-order valence-corrected chi connectivity index (χ3v) is 10.4. The Morgan fingerprint density at radius 1 is 1.31 bits per heavy atom. The van der Waals surface area contributed by atoms with Crippen LogP contribution in [0.2, 0.25) is 0 Å². The van der Waals surface area contributed by atoms with Crippen LogP contribution in [0.3, 0.4) is 0 Å². The summed E-state index contributed by atoms with van der Waals surface area (Å²) in [6.45, 7) is 10.9. The summed E-state index contributed by atoms with van der Waals surface area (Å²) < 4.78 is 0. The van der Waals surface area contributed by atoms with E-state index < -0.39 is 6.10 Å². The summed E-state index contributed by atoms with van der Waals surface area (Å²) in [5.41, 5.74) is 0.598. The number of ketones is 1. The van der Waals surface area contributed by atoms with Crippen LogP contribution in [0.15, 0.2) is 12.2 Å². The molecule has 6 rings (SSSR count). The van der Waals surface area contributed by atoms with E-state index in [-0.39, 0.29) is 40.0 Å². The van der Waals surface area contributed by atoms with Gasteiger partial charge in [-0.15, -0.1) is 0 Å². The van der Waals surface area contributed by atoms with E-state index in [0.717, 1.165) is 44.3 Å². The van der Waals surface area contributed by atoms with Gasteiger partial charge in [0, 0.05) is 35.8 Å². The minimum atomic E-state index is -0.561. The van der Waals surface area contributed by atoms with E-state index in [9.17, 15) is 15.0 Å². The van der Waals surface area contributed by atoms with E-state index in [1.807, 2.05) is 0 Å². The Hall–Kier alpha value is -0.710. The Morgan fingerprint density at radius 3 is 2.81 bits per heavy atom. The Bertz CT molecular complexity index is 735. The quantitative estimate of drug-likeness (QED) is 0.705. The highest BCUT2D eigenvalue weighted by atomic mass is 16.3. The van der Waals surface area contributed by atoms with Crippen LogP contribution in [0.25, 0.3) is 0 Å². The van der Waals surface area contributed by atoms with Crippen molar-refractivity contribution in [2.45, 2.75) is 64.2 Å². The molecule has 6 fully saturated rings. The number of aliphatic hydroxyl groups is 2. The molecule has 7 bridgehead atoms. The molecule has 2 N–H and O–H groups in total. The molecule has 0 aromatic carbocycles. The van der Waals surface area contributed by atoms with Gasteiger partial charge in [-0.05, 0) is 61.0 Å². The van der Waals surface area contributed by atoms with E-state index >= 15 is 0 Å². The predicted octanol–water partition coefficient (Wildman–Crippen LogP) is 2.00. The van der Waals surface area contributed by atoms with Gasteiger partial charge in [0.05, 0.1) is 12.2 Å². The van der Waals surface area contributed by atoms with Crippen molar-refractivity contribution in [3.63, 3.8) is 0 Å². The summed E-state index contributed by atoms with van der Waals surface area (Å²) in [7, 11) is 0. The maximum Gasteiger partial charge on any atom is 0.140 e. The summed E-state index contributed by atoms with van der Waals surface area (Å²) in [6.07, 6.45) is 3.50. The number of hydrogen-bond donors (Lipinski definition) is 2. The number of nitrogens with zero attached hydrogens (tertiary/aromatic N) is 1. The lowest BCUT2D eigenvalue weighted by atomic mass is 9.43. The van der Waals surface area contributed by atoms with Crippen molar-refractivity contribution in [3.8, 4) is 0 Å². The molecule has 6 aliphatic rings. The summed E-state index contributed by atoms with van der Waals surface area (Å²) in [5.74, 6) is 1.16. The molecule has 5 aliphatic carbocycles. The number of carbonyl (C=O) groups excluding carboxylic acids is 1. The van der Waals surface area contributed by atoms with Crippen molar-refractivity contribution >= 4 is 5.78 Å². The van der Waals surface area contributed by atoms with Crippen LogP contribution >= 0.6 is 0 Å². The standard InChI is InChI=1S/C22H31NO3/c1-4-23-10-20(3)6-5-17(25)22-15(20)7-13(18(22)23)21-9-12(11(2)19(21)26)14(24)8-16(21)22/h12-13,15-19,25-26H,2,4-10H2,1,3H3/t12-,13?,15-,16-,17+,18-,19-,20+,21+,22+/m0/s1. The molecule has 0 amide bonds. The lowest BCUT2D eigenvalue weighted by molar-refractivity contribution is -0.211. The van der Waals surface area contributed by atoms with Gasteiger partial charge in [-0.25, -0.2) is 0 Å². The zero-order valence-electron chi connectivity index (χ0n) is 15.9. The number of piperidine rings is 1. The molecule has 26 heavy (non-hydrogen) atoms. The highest BCUT2D eigenvalue weighted by molar-refractivity contribution is 5.87. The first-order valence-corrected chi connectivity index (χ1v) is 10.6. The average Bonchev–Trinajstić information content (AvgIpc) is 3.14. The molecule has 10 atom stereocenters. The molecule has 2 spiro atoms. The second kappa shape index (κ2) is 4.47. The van der Waals surface area contributed by atoms with Gasteiger partial charge in [-0.2, -0.15) is 0 Å². The van der Waals surface area contributed by atoms with Crippen LogP contribution in [0, 0.1) is 39.9 Å². The average molecular weight is 357 g/mol. The molecule has 4 nitrogen and oxygen atoms in total. The Labute approximate surface area is 155 Å². The zero-order chi connectivity index (χ0) is 18.2. The largest absolute Gasteiger partial charge is 0.392 e. The molecule has 0 radical (unpaired) electrons. The van der Waals surface area contributed by atoms with Gasteiger partial charge in [-0.1, -0.05) is 20.4 Å². The van der Waals surface area contributed by atoms with Crippen molar-refractivity contribution in [3.05, 3.63) is 12.2 Å². The number of rotatable bonds is 1. The Balaban J connectivity index is 1.62. The van der Waals surface area contributed by atoms with Crippen LogP contribution in [0.1, 0.15) is 46.0 Å². The fourth-order valence-corrected chi connectivity index (χ4v) is 9.75. The molecule has 1 saturated heterocycles. The minimum absolute atomic E-state index is 0.130. The lowest BCUT2D eigenvalue weighted by Crippen LogP contribution is -2.68. The molecular weight excluding hydrogens is 326 g/mol. The second-order valence-corrected chi connectivity index (χ2v) is 10.7. The molecule has 4 heteroatoms. The number of fused-ring (bicyclic) bond motifs is 1. The molecule has 1 heterocycles. The molecular formula is C22H31NO3. The van der Waals surface area contributed by atoms with Crippen LogP contribution in [-0.4, -0.2) is 52.2 Å². The van der Waals surface area contributed by atoms with Gasteiger partial charge in [0.25, 0.3) is 0 Å². The fraction of sp³-hybridized carbons (Fsp3) is 0.864. The Morgan fingerprint density at radius 2 is 2.08 bits per heavy atom. The van der Waals surface area contributed by atoms with Crippen LogP contribution in [0.4, 0.5) is 0 Å². The summed E-state index contributed by atoms with van der Waals surface area (Å²) in [6, 6.07) is 0.331. The van der Waals surface area contributed by atoms with E-state index in [4.69, 9.17) is 0 Å². The highest BCUT2D eigenvalue weighted by Crippen LogP contribution is 2.83. The third kappa shape index (κ3) is 1.33. The molecule has 0 aromatic rings. The number of aliphatic hydroxyl groups excluding tert-OH is 2. The van der Waals surface area contributed by atoms with Gasteiger partial charge in [0.2, 0.25) is 0 Å². The van der Waals surface area contributed by atoms with Crippen LogP contribution in [-0.2, 0) is 4.79 Å². The highest BCUT2D eigenvalue weighted by Gasteiger charge is 2.85. The monoisotopic (exact) mass is 357 g/mol. The van der Waals surface area contributed by atoms with E-state index in [2.05, 4.69) is 25.3 Å². The van der Waals surface area contributed by atoms with Gasteiger partial charge in [0.1, 0.15) is 5.78 Å². The lowest BCUT2D eigenvalue weighted by Gasteiger charge is -2.65. The van der Waals surface area contributed by atoms with Crippen molar-refractivity contribution in [1.29, 1.82) is 0 Å². The topological polar surface area (TPSA) is 60.8 Å². The molecule has 0 aromatic heterocycles.